The molecule has 5 heteroatoms. The van der Waals surface area contributed by atoms with Crippen LogP contribution in [0.15, 0.2) is 24.3 Å². The van der Waals surface area contributed by atoms with E-state index in [4.69, 9.17) is 5.11 Å². The number of benzene rings is 1. The van der Waals surface area contributed by atoms with Crippen molar-refractivity contribution in [3.05, 3.63) is 35.4 Å². The normalized spacial score (nSPS) is 23.5. The van der Waals surface area contributed by atoms with E-state index in [1.165, 1.54) is 12.1 Å². The maximum atomic E-state index is 12.9. The molecule has 2 nitrogen and oxygen atoms in total. The number of alkyl halides is 3. The van der Waals surface area contributed by atoms with E-state index in [0.29, 0.717) is 24.8 Å². The molecule has 1 saturated carbocycles. The number of carboxylic acids is 1. The van der Waals surface area contributed by atoms with Gasteiger partial charge in [0, 0.05) is 6.42 Å². The fourth-order valence-corrected chi connectivity index (χ4v) is 2.90. The first-order valence-electron chi connectivity index (χ1n) is 6.26. The highest BCUT2D eigenvalue weighted by Gasteiger charge is 2.37. The molecule has 1 aromatic carbocycles. The summed E-state index contributed by atoms with van der Waals surface area (Å²) in [5.74, 6) is -1.07. The summed E-state index contributed by atoms with van der Waals surface area (Å²) in [6.07, 6.45) is -2.46. The first-order valence-corrected chi connectivity index (χ1v) is 6.26. The molecular weight excluding hydrogens is 257 g/mol. The van der Waals surface area contributed by atoms with E-state index in [1.807, 2.05) is 0 Å². The van der Waals surface area contributed by atoms with Crippen molar-refractivity contribution in [3.63, 3.8) is 0 Å². The molecular formula is C14H15F3O2. The Morgan fingerprint density at radius 1 is 1.26 bits per heavy atom. The van der Waals surface area contributed by atoms with E-state index in [0.717, 1.165) is 6.07 Å². The number of hydrogen-bond acceptors (Lipinski definition) is 1. The van der Waals surface area contributed by atoms with Gasteiger partial charge in [-0.2, -0.15) is 13.2 Å². The van der Waals surface area contributed by atoms with Gasteiger partial charge in [0.15, 0.2) is 0 Å². The predicted molar refractivity (Wildman–Crippen MR) is 63.8 cm³/mol. The molecule has 0 aliphatic heterocycles. The van der Waals surface area contributed by atoms with Gasteiger partial charge in [0.05, 0.1) is 5.56 Å². The second-order valence-corrected chi connectivity index (χ2v) is 5.06. The minimum atomic E-state index is -4.35. The molecule has 0 bridgehead atoms. The standard InChI is InChI=1S/C14H15F3O2/c15-14(16,17)12-4-2-1-3-11(12)10-6-5-9(7-10)8-13(18)19/h1-4,9-10H,5-8H2,(H,18,19). The molecule has 1 aliphatic carbocycles. The van der Waals surface area contributed by atoms with Gasteiger partial charge in [0.2, 0.25) is 0 Å². The summed E-state index contributed by atoms with van der Waals surface area (Å²) in [4.78, 5) is 10.6. The molecule has 1 aliphatic rings. The zero-order valence-corrected chi connectivity index (χ0v) is 10.3. The number of halogens is 3. The fraction of sp³-hybridized carbons (Fsp3) is 0.500. The lowest BCUT2D eigenvalue weighted by Gasteiger charge is -2.17. The van der Waals surface area contributed by atoms with Crippen LogP contribution in [0.5, 0.6) is 0 Å². The Morgan fingerprint density at radius 3 is 2.58 bits per heavy atom. The third kappa shape index (κ3) is 3.28. The molecule has 0 radical (unpaired) electrons. The maximum absolute atomic E-state index is 12.9. The summed E-state index contributed by atoms with van der Waals surface area (Å²) >= 11 is 0. The zero-order chi connectivity index (χ0) is 14.0. The number of hydrogen-bond donors (Lipinski definition) is 1. The molecule has 0 heterocycles. The van der Waals surface area contributed by atoms with Gasteiger partial charge in [-0.25, -0.2) is 0 Å². The quantitative estimate of drug-likeness (QED) is 0.900. The van der Waals surface area contributed by atoms with Gasteiger partial charge in [0.1, 0.15) is 0 Å². The molecule has 1 N–H and O–H groups in total. The van der Waals surface area contributed by atoms with Crippen LogP contribution in [0.4, 0.5) is 13.2 Å². The lowest BCUT2D eigenvalue weighted by Crippen LogP contribution is -2.11. The van der Waals surface area contributed by atoms with Crippen LogP contribution in [0.3, 0.4) is 0 Å². The molecule has 19 heavy (non-hydrogen) atoms. The predicted octanol–water partition coefficient (Wildman–Crippen LogP) is 4.06. The molecule has 1 aromatic rings. The minimum absolute atomic E-state index is 0.0104. The summed E-state index contributed by atoms with van der Waals surface area (Å²) < 4.78 is 38.7. The van der Waals surface area contributed by atoms with Crippen molar-refractivity contribution in [2.24, 2.45) is 5.92 Å². The second-order valence-electron chi connectivity index (χ2n) is 5.06. The largest absolute Gasteiger partial charge is 0.481 e. The Morgan fingerprint density at radius 2 is 1.95 bits per heavy atom. The average molecular weight is 272 g/mol. The lowest BCUT2D eigenvalue weighted by atomic mass is 9.91. The molecule has 2 unspecified atom stereocenters. The molecule has 1 fully saturated rings. The Bertz CT molecular complexity index is 468. The van der Waals surface area contributed by atoms with Crippen molar-refractivity contribution < 1.29 is 23.1 Å². The topological polar surface area (TPSA) is 37.3 Å². The van der Waals surface area contributed by atoms with Crippen molar-refractivity contribution in [2.75, 3.05) is 0 Å². The summed E-state index contributed by atoms with van der Waals surface area (Å²) in [5.41, 5.74) is -0.279. The van der Waals surface area contributed by atoms with Crippen LogP contribution in [0, 0.1) is 5.92 Å². The Labute approximate surface area is 109 Å². The summed E-state index contributed by atoms with van der Waals surface area (Å²) in [6.45, 7) is 0. The van der Waals surface area contributed by atoms with Crippen LogP contribution >= 0.6 is 0 Å². The Kier molecular flexibility index (Phi) is 3.83. The van der Waals surface area contributed by atoms with Crippen LogP contribution < -0.4 is 0 Å². The smallest absolute Gasteiger partial charge is 0.416 e. The molecule has 0 saturated heterocycles. The SMILES string of the molecule is O=C(O)CC1CCC(c2ccccc2C(F)(F)F)C1. The second kappa shape index (κ2) is 5.23. The Balaban J connectivity index is 2.18. The van der Waals surface area contributed by atoms with Gasteiger partial charge >= 0.3 is 12.1 Å². The lowest BCUT2D eigenvalue weighted by molar-refractivity contribution is -0.139. The van der Waals surface area contributed by atoms with Gasteiger partial charge < -0.3 is 5.11 Å². The molecule has 2 rings (SSSR count). The van der Waals surface area contributed by atoms with Crippen molar-refractivity contribution >= 4 is 5.97 Å². The fourth-order valence-electron chi connectivity index (χ4n) is 2.90. The monoisotopic (exact) mass is 272 g/mol. The maximum Gasteiger partial charge on any atom is 0.416 e. The highest BCUT2D eigenvalue weighted by Crippen LogP contribution is 2.44. The third-order valence-electron chi connectivity index (χ3n) is 3.71. The van der Waals surface area contributed by atoms with Gasteiger partial charge in [-0.1, -0.05) is 18.2 Å². The van der Waals surface area contributed by atoms with Crippen molar-refractivity contribution in [2.45, 2.75) is 37.8 Å². The number of carboxylic acid groups (broad SMARTS) is 1. The van der Waals surface area contributed by atoms with E-state index in [1.54, 1.807) is 6.07 Å². The van der Waals surface area contributed by atoms with E-state index in [9.17, 15) is 18.0 Å². The van der Waals surface area contributed by atoms with E-state index >= 15 is 0 Å². The summed E-state index contributed by atoms with van der Waals surface area (Å²) in [7, 11) is 0. The number of rotatable bonds is 3. The first kappa shape index (κ1) is 13.9. The Hall–Kier alpha value is -1.52. The van der Waals surface area contributed by atoms with Gasteiger partial charge in [-0.3, -0.25) is 4.79 Å². The van der Waals surface area contributed by atoms with Crippen LogP contribution in [0.25, 0.3) is 0 Å². The van der Waals surface area contributed by atoms with Crippen molar-refractivity contribution in [3.8, 4) is 0 Å². The van der Waals surface area contributed by atoms with E-state index in [2.05, 4.69) is 0 Å². The van der Waals surface area contributed by atoms with E-state index < -0.39 is 17.7 Å². The van der Waals surface area contributed by atoms with Gasteiger partial charge in [-0.15, -0.1) is 0 Å². The third-order valence-corrected chi connectivity index (χ3v) is 3.71. The summed E-state index contributed by atoms with van der Waals surface area (Å²) in [6, 6.07) is 5.60. The average Bonchev–Trinajstić information content (AvgIpc) is 2.75. The van der Waals surface area contributed by atoms with Crippen molar-refractivity contribution in [1.29, 1.82) is 0 Å². The van der Waals surface area contributed by atoms with Crippen LogP contribution in [-0.4, -0.2) is 11.1 Å². The van der Waals surface area contributed by atoms with Crippen LogP contribution in [0.2, 0.25) is 0 Å². The number of aliphatic carboxylic acids is 1. The molecule has 2 atom stereocenters. The van der Waals surface area contributed by atoms with E-state index in [-0.39, 0.29) is 18.3 Å². The molecule has 0 amide bonds. The highest BCUT2D eigenvalue weighted by atomic mass is 19.4. The molecule has 104 valence electrons. The van der Waals surface area contributed by atoms with Gasteiger partial charge in [0.25, 0.3) is 0 Å². The van der Waals surface area contributed by atoms with Crippen molar-refractivity contribution in [1.82, 2.24) is 0 Å². The van der Waals surface area contributed by atoms with Gasteiger partial charge in [-0.05, 0) is 42.7 Å². The summed E-state index contributed by atoms with van der Waals surface area (Å²) in [5, 5.41) is 8.73. The highest BCUT2D eigenvalue weighted by molar-refractivity contribution is 5.67. The molecule has 0 spiro atoms. The van der Waals surface area contributed by atoms with Crippen LogP contribution in [0.1, 0.15) is 42.7 Å². The minimum Gasteiger partial charge on any atom is -0.481 e. The zero-order valence-electron chi connectivity index (χ0n) is 10.3. The number of carbonyl (C=O) groups is 1. The molecule has 0 aromatic heterocycles. The van der Waals surface area contributed by atoms with Crippen LogP contribution in [-0.2, 0) is 11.0 Å². The first-order chi connectivity index (χ1) is 8.88.